The van der Waals surface area contributed by atoms with Crippen molar-refractivity contribution >= 4 is 23.6 Å². The summed E-state index contributed by atoms with van der Waals surface area (Å²) in [6.07, 6.45) is -2.19. The predicted molar refractivity (Wildman–Crippen MR) is 81.2 cm³/mol. The molecule has 0 aliphatic heterocycles. The van der Waals surface area contributed by atoms with E-state index < -0.39 is 11.7 Å². The van der Waals surface area contributed by atoms with Gasteiger partial charge in [0.25, 0.3) is 0 Å². The third kappa shape index (κ3) is 5.10. The summed E-state index contributed by atoms with van der Waals surface area (Å²) < 4.78 is 37.2. The van der Waals surface area contributed by atoms with Crippen LogP contribution >= 0.6 is 0 Å². The highest BCUT2D eigenvalue weighted by atomic mass is 19.4. The van der Waals surface area contributed by atoms with Gasteiger partial charge in [-0.1, -0.05) is 12.1 Å². The van der Waals surface area contributed by atoms with Gasteiger partial charge in [-0.25, -0.2) is 4.98 Å². The standard InChI is InChI=1S/C15H13F3N4O/c1-10(23)21-13-5-2-11(3-6-13)8-20-22-14-7-4-12(9-19-14)15(16,17)18/h2-9H,1H3,(H,19,22)(H,21,23)/b20-8-. The van der Waals surface area contributed by atoms with Crippen molar-refractivity contribution in [2.45, 2.75) is 13.1 Å². The lowest BCUT2D eigenvalue weighted by Gasteiger charge is -2.06. The molecule has 0 atom stereocenters. The first-order chi connectivity index (χ1) is 10.8. The third-order valence-electron chi connectivity index (χ3n) is 2.71. The molecule has 0 bridgehead atoms. The maximum Gasteiger partial charge on any atom is 0.417 e. The van der Waals surface area contributed by atoms with E-state index in [0.717, 1.165) is 17.8 Å². The second-order valence-corrected chi connectivity index (χ2v) is 4.60. The molecule has 23 heavy (non-hydrogen) atoms. The largest absolute Gasteiger partial charge is 0.417 e. The molecule has 1 heterocycles. The van der Waals surface area contributed by atoms with Gasteiger partial charge in [0, 0.05) is 18.8 Å². The molecule has 1 aromatic heterocycles. The summed E-state index contributed by atoms with van der Waals surface area (Å²) in [6.45, 7) is 1.41. The molecule has 2 aromatic rings. The number of aromatic nitrogens is 1. The number of hydrogen-bond donors (Lipinski definition) is 2. The number of nitrogens with one attached hydrogen (secondary N) is 2. The summed E-state index contributed by atoms with van der Waals surface area (Å²) >= 11 is 0. The zero-order chi connectivity index (χ0) is 16.9. The van der Waals surface area contributed by atoms with E-state index in [9.17, 15) is 18.0 Å². The van der Waals surface area contributed by atoms with Crippen LogP contribution in [-0.4, -0.2) is 17.1 Å². The van der Waals surface area contributed by atoms with Gasteiger partial charge in [0.15, 0.2) is 0 Å². The maximum absolute atomic E-state index is 12.4. The zero-order valence-corrected chi connectivity index (χ0v) is 12.1. The Morgan fingerprint density at radius 1 is 1.17 bits per heavy atom. The van der Waals surface area contributed by atoms with Crippen LogP contribution in [0.15, 0.2) is 47.7 Å². The van der Waals surface area contributed by atoms with Gasteiger partial charge in [0.05, 0.1) is 11.8 Å². The van der Waals surface area contributed by atoms with Crippen molar-refractivity contribution in [3.05, 3.63) is 53.7 Å². The second-order valence-electron chi connectivity index (χ2n) is 4.60. The van der Waals surface area contributed by atoms with Crippen molar-refractivity contribution in [1.29, 1.82) is 0 Å². The molecule has 0 radical (unpaired) electrons. The van der Waals surface area contributed by atoms with Crippen LogP contribution < -0.4 is 10.7 Å². The quantitative estimate of drug-likeness (QED) is 0.669. The number of carbonyl (C=O) groups excluding carboxylic acids is 1. The number of hydrogen-bond acceptors (Lipinski definition) is 4. The fourth-order valence-electron chi connectivity index (χ4n) is 1.66. The van der Waals surface area contributed by atoms with E-state index in [-0.39, 0.29) is 11.7 Å². The highest BCUT2D eigenvalue weighted by Crippen LogP contribution is 2.28. The number of pyridine rings is 1. The highest BCUT2D eigenvalue weighted by Gasteiger charge is 2.30. The van der Waals surface area contributed by atoms with Crippen molar-refractivity contribution in [2.24, 2.45) is 5.10 Å². The number of carbonyl (C=O) groups is 1. The Kier molecular flexibility index (Phi) is 4.95. The highest BCUT2D eigenvalue weighted by molar-refractivity contribution is 5.89. The average molecular weight is 322 g/mol. The van der Waals surface area contributed by atoms with Crippen molar-refractivity contribution in [1.82, 2.24) is 4.98 Å². The van der Waals surface area contributed by atoms with E-state index in [1.54, 1.807) is 24.3 Å². The Labute approximate surface area is 130 Å². The third-order valence-corrected chi connectivity index (χ3v) is 2.71. The van der Waals surface area contributed by atoms with Gasteiger partial charge in [-0.2, -0.15) is 18.3 Å². The van der Waals surface area contributed by atoms with Crippen LogP contribution in [0.1, 0.15) is 18.1 Å². The zero-order valence-electron chi connectivity index (χ0n) is 12.1. The number of anilines is 2. The van der Waals surface area contributed by atoms with Gasteiger partial charge < -0.3 is 5.32 Å². The lowest BCUT2D eigenvalue weighted by atomic mass is 10.2. The first-order valence-electron chi connectivity index (χ1n) is 6.54. The molecule has 0 spiro atoms. The Morgan fingerprint density at radius 2 is 1.87 bits per heavy atom. The summed E-state index contributed by atoms with van der Waals surface area (Å²) in [4.78, 5) is 14.5. The lowest BCUT2D eigenvalue weighted by Crippen LogP contribution is -2.06. The molecule has 0 saturated heterocycles. The number of halogens is 3. The smallest absolute Gasteiger partial charge is 0.326 e. The Morgan fingerprint density at radius 3 is 2.39 bits per heavy atom. The lowest BCUT2D eigenvalue weighted by molar-refractivity contribution is -0.137. The molecule has 0 aliphatic rings. The van der Waals surface area contributed by atoms with Gasteiger partial charge >= 0.3 is 6.18 Å². The van der Waals surface area contributed by atoms with Crippen molar-refractivity contribution in [3.63, 3.8) is 0 Å². The fourth-order valence-corrected chi connectivity index (χ4v) is 1.66. The van der Waals surface area contributed by atoms with Gasteiger partial charge in [-0.05, 0) is 29.8 Å². The molecule has 0 unspecified atom stereocenters. The molecule has 2 N–H and O–H groups in total. The average Bonchev–Trinajstić information content (AvgIpc) is 2.48. The Balaban J connectivity index is 1.95. The van der Waals surface area contributed by atoms with Crippen LogP contribution in [0.3, 0.4) is 0 Å². The summed E-state index contributed by atoms with van der Waals surface area (Å²) in [5.74, 6) is 0.0329. The normalized spacial score (nSPS) is 11.5. The van der Waals surface area contributed by atoms with Gasteiger partial charge in [0.1, 0.15) is 5.82 Å². The van der Waals surface area contributed by atoms with E-state index in [2.05, 4.69) is 20.8 Å². The predicted octanol–water partition coefficient (Wildman–Crippen LogP) is 3.50. The molecule has 1 aromatic carbocycles. The van der Waals surface area contributed by atoms with Gasteiger partial charge in [-0.15, -0.1) is 0 Å². The van der Waals surface area contributed by atoms with E-state index in [4.69, 9.17) is 0 Å². The Hall–Kier alpha value is -2.90. The molecule has 120 valence electrons. The molecule has 8 heteroatoms. The summed E-state index contributed by atoms with van der Waals surface area (Å²) in [6, 6.07) is 9.00. The number of nitrogens with zero attached hydrogens (tertiary/aromatic N) is 2. The molecule has 0 fully saturated rings. The van der Waals surface area contributed by atoms with E-state index in [1.165, 1.54) is 19.2 Å². The fraction of sp³-hybridized carbons (Fsp3) is 0.133. The minimum atomic E-state index is -4.41. The van der Waals surface area contributed by atoms with Crippen LogP contribution in [0.25, 0.3) is 0 Å². The SMILES string of the molecule is CC(=O)Nc1ccc(/C=N\Nc2ccc(C(F)(F)F)cn2)cc1. The molecule has 2 rings (SSSR count). The molecule has 5 nitrogen and oxygen atoms in total. The number of benzene rings is 1. The second kappa shape index (κ2) is 6.91. The summed E-state index contributed by atoms with van der Waals surface area (Å²) in [5.41, 5.74) is 3.13. The monoisotopic (exact) mass is 322 g/mol. The van der Waals surface area contributed by atoms with Crippen LogP contribution in [0, 0.1) is 0 Å². The first kappa shape index (κ1) is 16.5. The minimum absolute atomic E-state index is 0.165. The molecule has 0 saturated carbocycles. The number of amides is 1. The number of alkyl halides is 3. The van der Waals surface area contributed by atoms with E-state index >= 15 is 0 Å². The summed E-state index contributed by atoms with van der Waals surface area (Å²) in [7, 11) is 0. The van der Waals surface area contributed by atoms with Crippen molar-refractivity contribution in [2.75, 3.05) is 10.7 Å². The van der Waals surface area contributed by atoms with Crippen molar-refractivity contribution < 1.29 is 18.0 Å². The van der Waals surface area contributed by atoms with E-state index in [1.807, 2.05) is 0 Å². The van der Waals surface area contributed by atoms with Crippen LogP contribution in [0.4, 0.5) is 24.7 Å². The van der Waals surface area contributed by atoms with Crippen LogP contribution in [0.5, 0.6) is 0 Å². The molecular weight excluding hydrogens is 309 g/mol. The van der Waals surface area contributed by atoms with E-state index in [0.29, 0.717) is 5.69 Å². The Bertz CT molecular complexity index is 694. The topological polar surface area (TPSA) is 66.4 Å². The van der Waals surface area contributed by atoms with Gasteiger partial charge in [0.2, 0.25) is 5.91 Å². The van der Waals surface area contributed by atoms with Crippen LogP contribution in [0.2, 0.25) is 0 Å². The summed E-state index contributed by atoms with van der Waals surface area (Å²) in [5, 5.41) is 6.52. The molecular formula is C15H13F3N4O. The maximum atomic E-state index is 12.4. The number of rotatable bonds is 4. The minimum Gasteiger partial charge on any atom is -0.326 e. The molecule has 1 amide bonds. The first-order valence-corrected chi connectivity index (χ1v) is 6.54. The van der Waals surface area contributed by atoms with Gasteiger partial charge in [-0.3, -0.25) is 10.2 Å². The van der Waals surface area contributed by atoms with Crippen molar-refractivity contribution in [3.8, 4) is 0 Å². The van der Waals surface area contributed by atoms with Crippen LogP contribution in [-0.2, 0) is 11.0 Å². The number of hydrazone groups is 1. The molecule has 0 aliphatic carbocycles.